The normalized spacial score (nSPS) is 25.1. The van der Waals surface area contributed by atoms with Crippen molar-refractivity contribution in [2.75, 3.05) is 26.3 Å². The standard InChI is InChI=1S/C20H27N3O4/c1-20(2)14(11-18(20)21-19(24)17-4-3-7-26-17)10-15-12-16(27-22-15)13-23-5-8-25-9-6-23/h3-4,7,12,14,18H,5-6,8-11,13H2,1-2H3,(H,21,24)/t14-,18+/m1/s1. The highest BCUT2D eigenvalue weighted by molar-refractivity contribution is 5.91. The first-order valence-electron chi connectivity index (χ1n) is 9.61. The molecule has 0 bridgehead atoms. The van der Waals surface area contributed by atoms with E-state index in [2.05, 4.69) is 35.3 Å². The summed E-state index contributed by atoms with van der Waals surface area (Å²) < 4.78 is 16.1. The topological polar surface area (TPSA) is 80.7 Å². The predicted octanol–water partition coefficient (Wildman–Crippen LogP) is 2.49. The number of aromatic nitrogens is 1. The molecule has 0 aromatic carbocycles. The number of nitrogens with one attached hydrogen (secondary N) is 1. The molecule has 2 aromatic rings. The molecule has 0 spiro atoms. The van der Waals surface area contributed by atoms with E-state index < -0.39 is 0 Å². The minimum absolute atomic E-state index is 0.00553. The fourth-order valence-corrected chi connectivity index (χ4v) is 4.00. The zero-order valence-corrected chi connectivity index (χ0v) is 15.9. The van der Waals surface area contributed by atoms with E-state index in [-0.39, 0.29) is 17.4 Å². The Kier molecular flexibility index (Phi) is 5.06. The van der Waals surface area contributed by atoms with Gasteiger partial charge in [-0.05, 0) is 36.3 Å². The van der Waals surface area contributed by atoms with Crippen LogP contribution in [0, 0.1) is 11.3 Å². The summed E-state index contributed by atoms with van der Waals surface area (Å²) in [6.45, 7) is 8.61. The molecule has 2 atom stereocenters. The summed E-state index contributed by atoms with van der Waals surface area (Å²) in [4.78, 5) is 14.5. The first kappa shape index (κ1) is 18.3. The molecule has 2 aromatic heterocycles. The minimum Gasteiger partial charge on any atom is -0.459 e. The number of furan rings is 1. The van der Waals surface area contributed by atoms with Gasteiger partial charge in [-0.2, -0.15) is 0 Å². The highest BCUT2D eigenvalue weighted by Gasteiger charge is 2.48. The van der Waals surface area contributed by atoms with Gasteiger partial charge in [0.15, 0.2) is 11.5 Å². The molecule has 0 unspecified atom stereocenters. The molecule has 1 aliphatic heterocycles. The lowest BCUT2D eigenvalue weighted by Crippen LogP contribution is -2.58. The van der Waals surface area contributed by atoms with Crippen molar-refractivity contribution in [3.63, 3.8) is 0 Å². The zero-order valence-electron chi connectivity index (χ0n) is 15.9. The SMILES string of the molecule is CC1(C)[C@H](Cc2cc(CN3CCOCC3)on2)C[C@@H]1NC(=O)c1ccco1. The third-order valence-electron chi connectivity index (χ3n) is 6.07. The Morgan fingerprint density at radius 1 is 1.37 bits per heavy atom. The molecule has 146 valence electrons. The molecule has 1 saturated heterocycles. The average Bonchev–Trinajstić information content (AvgIpc) is 3.34. The first-order chi connectivity index (χ1) is 13.0. The maximum absolute atomic E-state index is 12.2. The van der Waals surface area contributed by atoms with Crippen LogP contribution in [0.15, 0.2) is 33.4 Å². The van der Waals surface area contributed by atoms with Gasteiger partial charge in [-0.3, -0.25) is 9.69 Å². The van der Waals surface area contributed by atoms with Crippen LogP contribution in [-0.4, -0.2) is 48.3 Å². The van der Waals surface area contributed by atoms with Crippen LogP contribution >= 0.6 is 0 Å². The number of carbonyl (C=O) groups excluding carboxylic acids is 1. The summed E-state index contributed by atoms with van der Waals surface area (Å²) in [5.41, 5.74) is 0.998. The minimum atomic E-state index is -0.147. The Hall–Kier alpha value is -2.12. The number of nitrogens with zero attached hydrogens (tertiary/aromatic N) is 2. The number of hydrogen-bond donors (Lipinski definition) is 1. The van der Waals surface area contributed by atoms with Gasteiger partial charge in [0.25, 0.3) is 5.91 Å². The van der Waals surface area contributed by atoms with Crippen molar-refractivity contribution in [2.45, 2.75) is 39.3 Å². The van der Waals surface area contributed by atoms with Crippen LogP contribution in [0.3, 0.4) is 0 Å². The molecule has 2 aliphatic rings. The molecule has 7 nitrogen and oxygen atoms in total. The van der Waals surface area contributed by atoms with Gasteiger partial charge in [-0.1, -0.05) is 19.0 Å². The molecule has 3 heterocycles. The number of morpholine rings is 1. The van der Waals surface area contributed by atoms with Crippen molar-refractivity contribution >= 4 is 5.91 Å². The van der Waals surface area contributed by atoms with E-state index in [0.29, 0.717) is 11.7 Å². The zero-order chi connectivity index (χ0) is 18.9. The Morgan fingerprint density at radius 3 is 2.89 bits per heavy atom. The summed E-state index contributed by atoms with van der Waals surface area (Å²) in [6, 6.07) is 5.62. The van der Waals surface area contributed by atoms with E-state index >= 15 is 0 Å². The number of amides is 1. The maximum Gasteiger partial charge on any atom is 0.287 e. The van der Waals surface area contributed by atoms with Gasteiger partial charge >= 0.3 is 0 Å². The van der Waals surface area contributed by atoms with Crippen LogP contribution < -0.4 is 5.32 Å². The van der Waals surface area contributed by atoms with Gasteiger partial charge in [-0.15, -0.1) is 0 Å². The van der Waals surface area contributed by atoms with Crippen molar-refractivity contribution in [1.82, 2.24) is 15.4 Å². The van der Waals surface area contributed by atoms with Crippen LogP contribution in [0.5, 0.6) is 0 Å². The smallest absolute Gasteiger partial charge is 0.287 e. The fraction of sp³-hybridized carbons (Fsp3) is 0.600. The third-order valence-corrected chi connectivity index (χ3v) is 6.07. The van der Waals surface area contributed by atoms with E-state index in [9.17, 15) is 4.79 Å². The largest absolute Gasteiger partial charge is 0.459 e. The monoisotopic (exact) mass is 373 g/mol. The van der Waals surface area contributed by atoms with Gasteiger partial charge in [0.2, 0.25) is 0 Å². The average molecular weight is 373 g/mol. The lowest BCUT2D eigenvalue weighted by molar-refractivity contribution is 0.0131. The predicted molar refractivity (Wildman–Crippen MR) is 98.2 cm³/mol. The molecule has 0 radical (unpaired) electrons. The van der Waals surface area contributed by atoms with Crippen LogP contribution in [-0.2, 0) is 17.7 Å². The number of ether oxygens (including phenoxy) is 1. The van der Waals surface area contributed by atoms with Crippen molar-refractivity contribution in [3.8, 4) is 0 Å². The molecule has 27 heavy (non-hydrogen) atoms. The molecular formula is C20H27N3O4. The van der Waals surface area contributed by atoms with Crippen molar-refractivity contribution < 1.29 is 18.5 Å². The van der Waals surface area contributed by atoms with E-state index in [1.165, 1.54) is 6.26 Å². The Morgan fingerprint density at radius 2 is 2.19 bits per heavy atom. The third kappa shape index (κ3) is 3.94. The molecule has 1 aliphatic carbocycles. The van der Waals surface area contributed by atoms with Gasteiger partial charge in [-0.25, -0.2) is 0 Å². The van der Waals surface area contributed by atoms with Gasteiger partial charge in [0, 0.05) is 25.2 Å². The van der Waals surface area contributed by atoms with E-state index in [1.54, 1.807) is 12.1 Å². The van der Waals surface area contributed by atoms with Crippen LogP contribution in [0.1, 0.15) is 42.3 Å². The van der Waals surface area contributed by atoms with Gasteiger partial charge < -0.3 is 19.0 Å². The molecule has 1 amide bonds. The van der Waals surface area contributed by atoms with Crippen molar-refractivity contribution in [2.24, 2.45) is 11.3 Å². The van der Waals surface area contributed by atoms with Gasteiger partial charge in [0.1, 0.15) is 0 Å². The molecule has 7 heteroatoms. The maximum atomic E-state index is 12.2. The Balaban J connectivity index is 1.29. The van der Waals surface area contributed by atoms with Crippen LogP contribution in [0.25, 0.3) is 0 Å². The molecule has 4 rings (SSSR count). The lowest BCUT2D eigenvalue weighted by Gasteiger charge is -2.52. The fourth-order valence-electron chi connectivity index (χ4n) is 4.00. The second-order valence-corrected chi connectivity index (χ2v) is 8.13. The number of rotatable bonds is 6. The molecule has 2 fully saturated rings. The Labute approximate surface area is 159 Å². The molecular weight excluding hydrogens is 346 g/mol. The van der Waals surface area contributed by atoms with Crippen LogP contribution in [0.2, 0.25) is 0 Å². The van der Waals surface area contributed by atoms with E-state index in [4.69, 9.17) is 13.7 Å². The van der Waals surface area contributed by atoms with Crippen LogP contribution in [0.4, 0.5) is 0 Å². The van der Waals surface area contributed by atoms with E-state index in [1.807, 2.05) is 0 Å². The van der Waals surface area contributed by atoms with Crippen molar-refractivity contribution in [1.29, 1.82) is 0 Å². The molecule has 1 saturated carbocycles. The quantitative estimate of drug-likeness (QED) is 0.838. The first-order valence-corrected chi connectivity index (χ1v) is 9.61. The lowest BCUT2D eigenvalue weighted by atomic mass is 9.57. The highest BCUT2D eigenvalue weighted by Crippen LogP contribution is 2.47. The number of hydrogen-bond acceptors (Lipinski definition) is 6. The number of carbonyl (C=O) groups is 1. The molecule has 1 N–H and O–H groups in total. The summed E-state index contributed by atoms with van der Waals surface area (Å²) >= 11 is 0. The second-order valence-electron chi connectivity index (χ2n) is 8.13. The summed E-state index contributed by atoms with van der Waals surface area (Å²) in [5.74, 6) is 1.58. The van der Waals surface area contributed by atoms with Gasteiger partial charge in [0.05, 0.1) is 31.7 Å². The van der Waals surface area contributed by atoms with E-state index in [0.717, 1.165) is 57.1 Å². The highest BCUT2D eigenvalue weighted by atomic mass is 16.5. The summed E-state index contributed by atoms with van der Waals surface area (Å²) in [5, 5.41) is 7.35. The Bertz CT molecular complexity index is 762. The second kappa shape index (κ2) is 7.48. The summed E-state index contributed by atoms with van der Waals surface area (Å²) in [7, 11) is 0. The van der Waals surface area contributed by atoms with Crippen molar-refractivity contribution in [3.05, 3.63) is 41.7 Å². The summed E-state index contributed by atoms with van der Waals surface area (Å²) in [6.07, 6.45) is 3.32.